The van der Waals surface area contributed by atoms with Crippen LogP contribution >= 0.6 is 0 Å². The zero-order chi connectivity index (χ0) is 9.72. The summed E-state index contributed by atoms with van der Waals surface area (Å²) in [5.74, 6) is -3.05. The summed E-state index contributed by atoms with van der Waals surface area (Å²) in [6.07, 6.45) is -1.23. The molecule has 12 heavy (non-hydrogen) atoms. The normalized spacial score (nSPS) is 8.75. The fraction of sp³-hybridized carbons (Fsp3) is 0.400. The van der Waals surface area contributed by atoms with Gasteiger partial charge in [-0.25, -0.2) is 9.59 Å². The Morgan fingerprint density at radius 2 is 2.00 bits per heavy atom. The minimum absolute atomic E-state index is 0.0753. The second-order valence-corrected chi connectivity index (χ2v) is 1.72. The fourth-order valence-corrected chi connectivity index (χ4v) is 0.465. The molecule has 3 N–H and O–H groups in total. The third-order valence-electron chi connectivity index (χ3n) is 0.897. The van der Waals surface area contributed by atoms with Crippen LogP contribution in [0.3, 0.4) is 0 Å². The van der Waals surface area contributed by atoms with E-state index in [2.05, 4.69) is 10.6 Å². The lowest BCUT2D eigenvalue weighted by atomic mass is 10.6. The zero-order valence-electron chi connectivity index (χ0n) is 6.31. The minimum atomic E-state index is -1.71. The van der Waals surface area contributed by atoms with Crippen molar-refractivity contribution in [3.05, 3.63) is 0 Å². The van der Waals surface area contributed by atoms with E-state index in [4.69, 9.17) is 5.11 Å². The summed E-state index contributed by atoms with van der Waals surface area (Å²) >= 11 is 0. The summed E-state index contributed by atoms with van der Waals surface area (Å²) in [6.45, 7) is 1.36. The van der Waals surface area contributed by atoms with Crippen molar-refractivity contribution in [1.29, 1.82) is 0 Å². The first-order valence-electron chi connectivity index (χ1n) is 3.01. The highest BCUT2D eigenvalue weighted by Crippen LogP contribution is 1.91. The Balaban J connectivity index is 4.24. The largest absolute Gasteiger partial charge is 0.474 e. The van der Waals surface area contributed by atoms with Crippen molar-refractivity contribution in [3.8, 4) is 0 Å². The maximum absolute atomic E-state index is 10.6. The number of rotatable bonds is 1. The van der Waals surface area contributed by atoms with E-state index < -0.39 is 18.0 Å². The number of hydrogen-bond acceptors (Lipinski definition) is 4. The Kier molecular flexibility index (Phi) is 3.54. The summed E-state index contributed by atoms with van der Waals surface area (Å²) in [4.78, 5) is 34.8. The highest BCUT2D eigenvalue weighted by atomic mass is 16.7. The smallest absolute Gasteiger partial charge is 0.429 e. The average molecular weight is 176 g/mol. The predicted octanol–water partition coefficient (Wildman–Crippen LogP) is -1.07. The molecule has 0 aromatic heterocycles. The monoisotopic (exact) mass is 176 g/mol. The number of likely N-dealkylation sites (N-methyl/N-ethyl adjacent to an activating group) is 1. The quantitative estimate of drug-likeness (QED) is 0.390. The van der Waals surface area contributed by atoms with Gasteiger partial charge in [0.2, 0.25) is 0 Å². The number of nitrogens with two attached hydrogens (primary N) is 1. The molecule has 0 spiro atoms. The van der Waals surface area contributed by atoms with Crippen LogP contribution in [0.5, 0.6) is 0 Å². The summed E-state index contributed by atoms with van der Waals surface area (Å²) in [6, 6.07) is 0. The predicted molar refractivity (Wildman–Crippen MR) is 35.7 cm³/mol. The molecule has 0 aromatic rings. The van der Waals surface area contributed by atoms with Crippen molar-refractivity contribution >= 4 is 18.0 Å². The van der Waals surface area contributed by atoms with E-state index in [1.807, 2.05) is 0 Å². The van der Waals surface area contributed by atoms with E-state index in [9.17, 15) is 14.4 Å². The maximum atomic E-state index is 10.6. The number of carboxylic acids is 1. The molecule has 0 unspecified atom stereocenters. The van der Waals surface area contributed by atoms with Crippen molar-refractivity contribution in [2.45, 2.75) is 6.92 Å². The third kappa shape index (κ3) is 2.86. The lowest BCUT2D eigenvalue weighted by molar-refractivity contribution is -0.176. The molecule has 2 amide bonds. The number of primary amides is 1. The number of nitrogens with zero attached hydrogens (tertiary/aromatic N) is 1. The molecule has 7 heteroatoms. The van der Waals surface area contributed by atoms with E-state index in [0.717, 1.165) is 0 Å². The number of hydroxylamine groups is 2. The number of aliphatic carboxylic acids is 1. The highest BCUT2D eigenvalue weighted by molar-refractivity contribution is 6.31. The first kappa shape index (κ1) is 10.2. The van der Waals surface area contributed by atoms with E-state index in [1.54, 1.807) is 0 Å². The molecule has 0 aliphatic heterocycles. The average Bonchev–Trinajstić information content (AvgIpc) is 1.98. The number of carbonyl (C=O) groups excluding carboxylic acids is 2. The van der Waals surface area contributed by atoms with Gasteiger partial charge in [0.25, 0.3) is 0 Å². The van der Waals surface area contributed by atoms with E-state index in [-0.39, 0.29) is 6.54 Å². The van der Waals surface area contributed by atoms with Crippen molar-refractivity contribution < 1.29 is 24.3 Å². The molecule has 0 aliphatic rings. The van der Waals surface area contributed by atoms with Crippen LogP contribution in [0.15, 0.2) is 0 Å². The lowest BCUT2D eigenvalue weighted by Gasteiger charge is -2.14. The third-order valence-corrected chi connectivity index (χ3v) is 0.897. The molecule has 0 atom stereocenters. The van der Waals surface area contributed by atoms with Gasteiger partial charge < -0.3 is 15.7 Å². The Bertz CT molecular complexity index is 214. The first-order valence-corrected chi connectivity index (χ1v) is 3.01. The molecular formula is C5H8N2O5. The molecular weight excluding hydrogens is 168 g/mol. The highest BCUT2D eigenvalue weighted by Gasteiger charge is 2.22. The van der Waals surface area contributed by atoms with Gasteiger partial charge in [-0.1, -0.05) is 0 Å². The van der Waals surface area contributed by atoms with Crippen molar-refractivity contribution in [1.82, 2.24) is 5.06 Å². The summed E-state index contributed by atoms with van der Waals surface area (Å²) in [5.41, 5.74) is 4.56. The molecule has 0 rings (SSSR count). The molecule has 7 nitrogen and oxygen atoms in total. The van der Waals surface area contributed by atoms with Gasteiger partial charge in [-0.15, -0.1) is 0 Å². The van der Waals surface area contributed by atoms with Gasteiger partial charge in [0.15, 0.2) is 0 Å². The van der Waals surface area contributed by atoms with Crippen LogP contribution in [0.2, 0.25) is 0 Å². The van der Waals surface area contributed by atoms with Gasteiger partial charge >= 0.3 is 18.0 Å². The number of carbonyl (C=O) groups is 3. The first-order chi connectivity index (χ1) is 5.49. The van der Waals surface area contributed by atoms with Crippen LogP contribution in [-0.4, -0.2) is 34.7 Å². The van der Waals surface area contributed by atoms with Gasteiger partial charge in [0, 0.05) is 0 Å². The molecule has 0 aliphatic carbocycles. The molecule has 0 bridgehead atoms. The van der Waals surface area contributed by atoms with Gasteiger partial charge in [0.1, 0.15) is 0 Å². The standard InChI is InChI=1S/C5H8N2O5/c1-2-7(12-5(6)11)3(8)4(9)10/h2H2,1H3,(H2,6,11)(H,9,10). The number of carboxylic acid groups (broad SMARTS) is 1. The van der Waals surface area contributed by atoms with E-state index in [1.165, 1.54) is 6.92 Å². The Hall–Kier alpha value is -1.79. The SMILES string of the molecule is CCN(OC(N)=O)C(=O)C(=O)O. The van der Waals surface area contributed by atoms with Crippen LogP contribution < -0.4 is 5.73 Å². The molecule has 0 saturated carbocycles. The van der Waals surface area contributed by atoms with Crippen LogP contribution in [0.1, 0.15) is 6.92 Å². The van der Waals surface area contributed by atoms with Crippen LogP contribution in [0, 0.1) is 0 Å². The second-order valence-electron chi connectivity index (χ2n) is 1.72. The van der Waals surface area contributed by atoms with Crippen molar-refractivity contribution in [3.63, 3.8) is 0 Å². The van der Waals surface area contributed by atoms with E-state index >= 15 is 0 Å². The molecule has 0 saturated heterocycles. The molecule has 0 radical (unpaired) electrons. The van der Waals surface area contributed by atoms with Crippen molar-refractivity contribution in [2.75, 3.05) is 6.54 Å². The molecule has 0 aromatic carbocycles. The zero-order valence-corrected chi connectivity index (χ0v) is 6.31. The summed E-state index contributed by atoms with van der Waals surface area (Å²) in [5, 5.41) is 8.52. The fourth-order valence-electron chi connectivity index (χ4n) is 0.465. The number of hydrogen-bond donors (Lipinski definition) is 2. The van der Waals surface area contributed by atoms with Crippen LogP contribution in [-0.2, 0) is 14.4 Å². The van der Waals surface area contributed by atoms with Gasteiger partial charge in [-0.2, -0.15) is 5.06 Å². The topological polar surface area (TPSA) is 110 Å². The summed E-state index contributed by atoms with van der Waals surface area (Å²) < 4.78 is 0. The number of amides is 2. The lowest BCUT2D eigenvalue weighted by Crippen LogP contribution is -2.39. The Morgan fingerprint density at radius 1 is 1.50 bits per heavy atom. The maximum Gasteiger partial charge on any atom is 0.429 e. The van der Waals surface area contributed by atoms with Crippen LogP contribution in [0.25, 0.3) is 0 Å². The van der Waals surface area contributed by atoms with Gasteiger partial charge in [-0.3, -0.25) is 4.79 Å². The minimum Gasteiger partial charge on any atom is -0.474 e. The van der Waals surface area contributed by atoms with Crippen molar-refractivity contribution in [2.24, 2.45) is 5.73 Å². The molecule has 0 heterocycles. The van der Waals surface area contributed by atoms with E-state index in [0.29, 0.717) is 5.06 Å². The second kappa shape index (κ2) is 4.16. The Labute approximate surface area is 67.6 Å². The Morgan fingerprint density at radius 3 is 2.25 bits per heavy atom. The molecule has 0 fully saturated rings. The molecule has 68 valence electrons. The van der Waals surface area contributed by atoms with Gasteiger partial charge in [-0.05, 0) is 6.92 Å². The summed E-state index contributed by atoms with van der Waals surface area (Å²) in [7, 11) is 0. The van der Waals surface area contributed by atoms with Crippen LogP contribution in [0.4, 0.5) is 4.79 Å². The van der Waals surface area contributed by atoms with Gasteiger partial charge in [0.05, 0.1) is 6.54 Å².